The minimum absolute atomic E-state index is 0.00938. The molecule has 3 rings (SSSR count). The molecular formula is C29H35ClN4O2. The Morgan fingerprint density at radius 1 is 1.28 bits per heavy atom. The van der Waals surface area contributed by atoms with Crippen molar-refractivity contribution in [2.75, 3.05) is 24.7 Å². The van der Waals surface area contributed by atoms with E-state index < -0.39 is 5.54 Å². The molecule has 0 atom stereocenters. The van der Waals surface area contributed by atoms with Gasteiger partial charge in [0.1, 0.15) is 17.4 Å². The zero-order valence-corrected chi connectivity index (χ0v) is 22.8. The van der Waals surface area contributed by atoms with Gasteiger partial charge < -0.3 is 9.64 Å². The first-order valence-corrected chi connectivity index (χ1v) is 12.7. The van der Waals surface area contributed by atoms with Gasteiger partial charge in [0.15, 0.2) is 0 Å². The molecule has 2 heterocycles. The molecule has 1 aliphatic rings. The van der Waals surface area contributed by atoms with E-state index in [2.05, 4.69) is 36.7 Å². The Morgan fingerprint density at radius 2 is 2.03 bits per heavy atom. The van der Waals surface area contributed by atoms with E-state index in [1.807, 2.05) is 51.3 Å². The van der Waals surface area contributed by atoms with E-state index in [4.69, 9.17) is 16.3 Å². The summed E-state index contributed by atoms with van der Waals surface area (Å²) in [7, 11) is 0. The number of carbonyl (C=O) groups is 1. The number of nitrogens with zero attached hydrogens (tertiary/aromatic N) is 4. The smallest absolute Gasteiger partial charge is 0.258 e. The number of amides is 1. The van der Waals surface area contributed by atoms with Crippen LogP contribution in [0.3, 0.4) is 0 Å². The van der Waals surface area contributed by atoms with E-state index in [0.717, 1.165) is 41.1 Å². The zero-order chi connectivity index (χ0) is 26.5. The average molecular weight is 507 g/mol. The molecule has 1 fully saturated rings. The third kappa shape index (κ3) is 5.48. The fourth-order valence-electron chi connectivity index (χ4n) is 4.36. The number of hydrogen-bond acceptors (Lipinski definition) is 5. The lowest BCUT2D eigenvalue weighted by Crippen LogP contribution is -2.44. The van der Waals surface area contributed by atoms with E-state index in [9.17, 15) is 10.1 Å². The first kappa shape index (κ1) is 27.4. The minimum Gasteiger partial charge on any atom is -0.377 e. The Hall–Kier alpha value is -3.14. The topological polar surface area (TPSA) is 69.5 Å². The van der Waals surface area contributed by atoms with Crippen LogP contribution in [0.1, 0.15) is 62.8 Å². The molecule has 1 saturated heterocycles. The van der Waals surface area contributed by atoms with Gasteiger partial charge >= 0.3 is 0 Å². The van der Waals surface area contributed by atoms with Crippen molar-refractivity contribution >= 4 is 29.3 Å². The summed E-state index contributed by atoms with van der Waals surface area (Å²) in [6.07, 6.45) is 9.24. The molecule has 0 radical (unpaired) electrons. The number of rotatable bonds is 9. The van der Waals surface area contributed by atoms with Gasteiger partial charge in [-0.1, -0.05) is 30.7 Å². The quantitative estimate of drug-likeness (QED) is 0.367. The number of halogens is 1. The Kier molecular flexibility index (Phi) is 8.94. The number of nitriles is 1. The van der Waals surface area contributed by atoms with Gasteiger partial charge in [0.05, 0.1) is 22.9 Å². The van der Waals surface area contributed by atoms with Gasteiger partial charge in [-0.15, -0.1) is 0 Å². The van der Waals surface area contributed by atoms with Crippen LogP contribution in [0.15, 0.2) is 48.1 Å². The first-order valence-electron chi connectivity index (χ1n) is 12.3. The summed E-state index contributed by atoms with van der Waals surface area (Å²) >= 11 is 6.47. The van der Waals surface area contributed by atoms with E-state index in [-0.39, 0.29) is 5.91 Å². The van der Waals surface area contributed by atoms with Gasteiger partial charge in [0.25, 0.3) is 5.91 Å². The predicted molar refractivity (Wildman–Crippen MR) is 146 cm³/mol. The number of aromatic nitrogens is 1. The molecule has 0 unspecified atom stereocenters. The molecule has 1 aromatic heterocycles. The highest BCUT2D eigenvalue weighted by Gasteiger charge is 2.49. The van der Waals surface area contributed by atoms with Crippen molar-refractivity contribution in [1.82, 2.24) is 9.88 Å². The highest BCUT2D eigenvalue weighted by molar-refractivity contribution is 6.33. The van der Waals surface area contributed by atoms with Crippen LogP contribution in [-0.4, -0.2) is 41.1 Å². The molecule has 6 nitrogen and oxygen atoms in total. The lowest BCUT2D eigenvalue weighted by molar-refractivity contribution is -0.123. The number of carbonyl (C=O) groups excluding carboxylic acids is 1. The summed E-state index contributed by atoms with van der Waals surface area (Å²) in [5.74, 6) is 0.883. The van der Waals surface area contributed by atoms with Crippen LogP contribution >= 0.6 is 11.6 Å². The number of anilines is 1. The zero-order valence-electron chi connectivity index (χ0n) is 22.1. The van der Waals surface area contributed by atoms with Gasteiger partial charge in [0, 0.05) is 25.5 Å². The maximum absolute atomic E-state index is 13.7. The maximum atomic E-state index is 13.7. The van der Waals surface area contributed by atoms with Gasteiger partial charge in [-0.3, -0.25) is 14.7 Å². The van der Waals surface area contributed by atoms with Crippen molar-refractivity contribution in [3.05, 3.63) is 75.3 Å². The lowest BCUT2D eigenvalue weighted by Gasteiger charge is -2.32. The van der Waals surface area contributed by atoms with Gasteiger partial charge in [-0.2, -0.15) is 5.26 Å². The molecular weight excluding hydrogens is 472 g/mol. The van der Waals surface area contributed by atoms with Crippen molar-refractivity contribution in [2.45, 2.75) is 59.9 Å². The Bertz CT molecular complexity index is 1230. The molecule has 2 aromatic rings. The third-order valence-electron chi connectivity index (χ3n) is 6.76. The second-order valence-electron chi connectivity index (χ2n) is 9.55. The van der Waals surface area contributed by atoms with Gasteiger partial charge in [-0.05, 0) is 87.9 Å². The Morgan fingerprint density at radius 3 is 2.69 bits per heavy atom. The van der Waals surface area contributed by atoms with E-state index in [1.54, 1.807) is 17.2 Å². The van der Waals surface area contributed by atoms with Crippen molar-refractivity contribution in [2.24, 2.45) is 0 Å². The molecule has 0 bridgehead atoms. The van der Waals surface area contributed by atoms with Crippen molar-refractivity contribution in [3.63, 3.8) is 0 Å². The highest BCUT2D eigenvalue weighted by Crippen LogP contribution is 2.42. The maximum Gasteiger partial charge on any atom is 0.258 e. The van der Waals surface area contributed by atoms with Crippen molar-refractivity contribution in [3.8, 4) is 6.07 Å². The van der Waals surface area contributed by atoms with E-state index in [0.29, 0.717) is 30.3 Å². The molecule has 0 N–H and O–H groups in total. The minimum atomic E-state index is -0.726. The molecule has 1 aromatic carbocycles. The Balaban J connectivity index is 1.74. The molecule has 0 aliphatic carbocycles. The molecule has 0 spiro atoms. The number of benzene rings is 1. The summed E-state index contributed by atoms with van der Waals surface area (Å²) in [4.78, 5) is 21.8. The van der Waals surface area contributed by atoms with Crippen molar-refractivity contribution in [1.29, 1.82) is 5.26 Å². The number of allylic oxidation sites excluding steroid dienone is 1. The van der Waals surface area contributed by atoms with Crippen LogP contribution in [0.25, 0.3) is 6.08 Å². The van der Waals surface area contributed by atoms with Crippen LogP contribution in [0.5, 0.6) is 0 Å². The number of pyridine rings is 1. The molecule has 0 saturated carbocycles. The highest BCUT2D eigenvalue weighted by atomic mass is 35.5. The lowest BCUT2D eigenvalue weighted by atomic mass is 10.0. The second kappa shape index (κ2) is 11.7. The molecule has 36 heavy (non-hydrogen) atoms. The monoisotopic (exact) mass is 506 g/mol. The summed E-state index contributed by atoms with van der Waals surface area (Å²) in [6.45, 7) is 13.8. The second-order valence-corrected chi connectivity index (χ2v) is 9.93. The van der Waals surface area contributed by atoms with E-state index >= 15 is 0 Å². The average Bonchev–Trinajstić information content (AvgIpc) is 3.06. The summed E-state index contributed by atoms with van der Waals surface area (Å²) in [5, 5.41) is 9.73. The molecule has 1 amide bonds. The Labute approximate surface area is 219 Å². The number of ether oxygens (including phenoxy) is 1. The van der Waals surface area contributed by atoms with Crippen LogP contribution in [0.2, 0.25) is 5.02 Å². The normalized spacial score (nSPS) is 16.7. The summed E-state index contributed by atoms with van der Waals surface area (Å²) in [6, 6.07) is 7.60. The summed E-state index contributed by atoms with van der Waals surface area (Å²) in [5.41, 5.74) is 4.50. The molecule has 190 valence electrons. The predicted octanol–water partition coefficient (Wildman–Crippen LogP) is 6.41. The molecule has 1 aliphatic heterocycles. The fraction of sp³-hybridized carbons (Fsp3) is 0.414. The molecule has 7 heteroatoms. The van der Waals surface area contributed by atoms with Crippen LogP contribution in [0.4, 0.5) is 5.69 Å². The van der Waals surface area contributed by atoms with Gasteiger partial charge in [0.2, 0.25) is 0 Å². The van der Waals surface area contributed by atoms with E-state index in [1.165, 1.54) is 5.56 Å². The SMILES string of the molecule is CC/C(C)=C1\N(c2ccc(C#N)c(Cl)c2C)C(=O)C(C)(C)N1CCCOC/C=C\c1cnccc1C. The number of hydrogen-bond donors (Lipinski definition) is 0. The van der Waals surface area contributed by atoms with Gasteiger partial charge in [-0.25, -0.2) is 0 Å². The standard InChI is InChI=1S/C29H35ClN4O2/c1-7-20(2)27-33(15-9-17-36-16-8-10-24-19-32-14-13-21(24)3)29(5,6)28(35)34(27)25-12-11-23(18-31)26(30)22(25)4/h8,10-14,19H,7,9,15-17H2,1-6H3/b10-8-,27-20-. The third-order valence-corrected chi connectivity index (χ3v) is 7.25. The van der Waals surface area contributed by atoms with Crippen LogP contribution in [-0.2, 0) is 9.53 Å². The van der Waals surface area contributed by atoms with Crippen LogP contribution < -0.4 is 4.90 Å². The fourth-order valence-corrected chi connectivity index (χ4v) is 4.57. The van der Waals surface area contributed by atoms with Crippen molar-refractivity contribution < 1.29 is 9.53 Å². The largest absolute Gasteiger partial charge is 0.377 e. The number of aryl methyl sites for hydroxylation is 1. The summed E-state index contributed by atoms with van der Waals surface area (Å²) < 4.78 is 5.85. The van der Waals surface area contributed by atoms with Crippen LogP contribution in [0, 0.1) is 25.2 Å². The first-order chi connectivity index (χ1) is 17.1.